The number of nitrogens with two attached hydrogens (primary N) is 1. The van der Waals surface area contributed by atoms with Gasteiger partial charge in [0.25, 0.3) is 0 Å². The van der Waals surface area contributed by atoms with Gasteiger partial charge in [0.2, 0.25) is 0 Å². The molecule has 0 radical (unpaired) electrons. The van der Waals surface area contributed by atoms with Crippen molar-refractivity contribution in [3.05, 3.63) is 59.2 Å². The number of aryl methyl sites for hydroxylation is 2. The lowest BCUT2D eigenvalue weighted by molar-refractivity contribution is 0.290. The van der Waals surface area contributed by atoms with Crippen molar-refractivity contribution < 1.29 is 9.47 Å². The monoisotopic (exact) mass is 271 g/mol. The third kappa shape index (κ3) is 3.75. The fourth-order valence-electron chi connectivity index (χ4n) is 2.17. The lowest BCUT2D eigenvalue weighted by Gasteiger charge is -2.15. The summed E-state index contributed by atoms with van der Waals surface area (Å²) in [5.74, 6) is 1.67. The van der Waals surface area contributed by atoms with Gasteiger partial charge in [-0.2, -0.15) is 0 Å². The van der Waals surface area contributed by atoms with E-state index in [1.807, 2.05) is 36.4 Å². The minimum Gasteiger partial charge on any atom is -0.497 e. The van der Waals surface area contributed by atoms with Crippen molar-refractivity contribution in [2.75, 3.05) is 13.7 Å². The van der Waals surface area contributed by atoms with Gasteiger partial charge in [0, 0.05) is 0 Å². The maximum Gasteiger partial charge on any atom is 0.119 e. The Kier molecular flexibility index (Phi) is 4.64. The molecule has 20 heavy (non-hydrogen) atoms. The van der Waals surface area contributed by atoms with E-state index in [1.165, 1.54) is 11.1 Å². The van der Waals surface area contributed by atoms with Gasteiger partial charge in [0.15, 0.2) is 0 Å². The van der Waals surface area contributed by atoms with Crippen molar-refractivity contribution in [1.82, 2.24) is 0 Å². The number of ether oxygens (including phenoxy) is 2. The third-order valence-corrected chi connectivity index (χ3v) is 3.15. The van der Waals surface area contributed by atoms with Gasteiger partial charge in [-0.15, -0.1) is 0 Å². The molecule has 0 fully saturated rings. The number of methoxy groups -OCH3 is 1. The van der Waals surface area contributed by atoms with Crippen LogP contribution in [0.25, 0.3) is 0 Å². The van der Waals surface area contributed by atoms with Gasteiger partial charge in [-0.1, -0.05) is 18.2 Å². The Morgan fingerprint density at radius 2 is 1.70 bits per heavy atom. The van der Waals surface area contributed by atoms with Gasteiger partial charge >= 0.3 is 0 Å². The Morgan fingerprint density at radius 3 is 2.35 bits per heavy atom. The fraction of sp³-hybridized carbons (Fsp3) is 0.294. The molecule has 3 nitrogen and oxygen atoms in total. The van der Waals surface area contributed by atoms with Gasteiger partial charge in [0.05, 0.1) is 13.2 Å². The molecule has 1 atom stereocenters. The van der Waals surface area contributed by atoms with E-state index in [0.717, 1.165) is 17.1 Å². The molecule has 0 saturated heterocycles. The Bertz CT molecular complexity index is 561. The SMILES string of the molecule is COc1cccc(C(N)COc2cc(C)cc(C)c2)c1. The van der Waals surface area contributed by atoms with Crippen LogP contribution in [0.3, 0.4) is 0 Å². The molecule has 0 spiro atoms. The summed E-state index contributed by atoms with van der Waals surface area (Å²) in [7, 11) is 1.65. The van der Waals surface area contributed by atoms with Crippen molar-refractivity contribution in [2.24, 2.45) is 5.73 Å². The van der Waals surface area contributed by atoms with E-state index in [0.29, 0.717) is 6.61 Å². The summed E-state index contributed by atoms with van der Waals surface area (Å²) in [6.45, 7) is 4.56. The van der Waals surface area contributed by atoms with E-state index >= 15 is 0 Å². The maximum atomic E-state index is 6.16. The standard InChI is InChI=1S/C17H21NO2/c1-12-7-13(2)9-16(8-12)20-11-17(18)14-5-4-6-15(10-14)19-3/h4-10,17H,11,18H2,1-3H3. The highest BCUT2D eigenvalue weighted by Gasteiger charge is 2.08. The molecule has 2 rings (SSSR count). The van der Waals surface area contributed by atoms with Gasteiger partial charge in [-0.25, -0.2) is 0 Å². The van der Waals surface area contributed by atoms with Gasteiger partial charge in [0.1, 0.15) is 18.1 Å². The highest BCUT2D eigenvalue weighted by atomic mass is 16.5. The minimum atomic E-state index is -0.175. The Labute approximate surface area is 120 Å². The van der Waals surface area contributed by atoms with Crippen molar-refractivity contribution in [1.29, 1.82) is 0 Å². The number of hydrogen-bond acceptors (Lipinski definition) is 3. The van der Waals surface area contributed by atoms with Crippen LogP contribution in [-0.2, 0) is 0 Å². The summed E-state index contributed by atoms with van der Waals surface area (Å²) >= 11 is 0. The predicted octanol–water partition coefficient (Wildman–Crippen LogP) is 3.39. The predicted molar refractivity (Wildman–Crippen MR) is 81.3 cm³/mol. The second-order valence-electron chi connectivity index (χ2n) is 5.02. The zero-order valence-corrected chi connectivity index (χ0v) is 12.2. The molecular formula is C17H21NO2. The first kappa shape index (κ1) is 14.4. The molecule has 0 aliphatic rings. The van der Waals surface area contributed by atoms with Gasteiger partial charge < -0.3 is 15.2 Å². The van der Waals surface area contributed by atoms with Crippen LogP contribution in [-0.4, -0.2) is 13.7 Å². The van der Waals surface area contributed by atoms with Crippen LogP contribution in [0, 0.1) is 13.8 Å². The van der Waals surface area contributed by atoms with Gasteiger partial charge in [-0.05, 0) is 54.8 Å². The fourth-order valence-corrected chi connectivity index (χ4v) is 2.17. The lowest BCUT2D eigenvalue weighted by Crippen LogP contribution is -2.19. The summed E-state index contributed by atoms with van der Waals surface area (Å²) in [6.07, 6.45) is 0. The van der Waals surface area contributed by atoms with Crippen LogP contribution < -0.4 is 15.2 Å². The van der Waals surface area contributed by atoms with Crippen LogP contribution in [0.1, 0.15) is 22.7 Å². The molecule has 2 N–H and O–H groups in total. The first-order valence-electron chi connectivity index (χ1n) is 6.69. The Balaban J connectivity index is 2.02. The lowest BCUT2D eigenvalue weighted by atomic mass is 10.1. The molecule has 2 aromatic rings. The Morgan fingerprint density at radius 1 is 1.00 bits per heavy atom. The van der Waals surface area contributed by atoms with Crippen molar-refractivity contribution >= 4 is 0 Å². The summed E-state index contributed by atoms with van der Waals surface area (Å²) in [6, 6.07) is 13.7. The normalized spacial score (nSPS) is 12.0. The van der Waals surface area contributed by atoms with Crippen molar-refractivity contribution in [2.45, 2.75) is 19.9 Å². The molecule has 106 valence electrons. The molecule has 3 heteroatoms. The first-order valence-corrected chi connectivity index (χ1v) is 6.69. The summed E-state index contributed by atoms with van der Waals surface area (Å²) in [5, 5.41) is 0. The number of benzene rings is 2. The molecule has 2 aromatic carbocycles. The van der Waals surface area contributed by atoms with E-state index in [9.17, 15) is 0 Å². The highest BCUT2D eigenvalue weighted by molar-refractivity contribution is 5.34. The van der Waals surface area contributed by atoms with E-state index in [1.54, 1.807) is 7.11 Å². The molecule has 0 aliphatic heterocycles. The molecular weight excluding hydrogens is 250 g/mol. The second kappa shape index (κ2) is 6.44. The molecule has 0 aliphatic carbocycles. The van der Waals surface area contributed by atoms with Crippen LogP contribution in [0.15, 0.2) is 42.5 Å². The largest absolute Gasteiger partial charge is 0.497 e. The first-order chi connectivity index (χ1) is 9.58. The van der Waals surface area contributed by atoms with E-state index in [4.69, 9.17) is 15.2 Å². The van der Waals surface area contributed by atoms with E-state index < -0.39 is 0 Å². The van der Waals surface area contributed by atoms with Crippen LogP contribution in [0.5, 0.6) is 11.5 Å². The van der Waals surface area contributed by atoms with E-state index in [-0.39, 0.29) is 6.04 Å². The number of rotatable bonds is 5. The zero-order chi connectivity index (χ0) is 14.5. The van der Waals surface area contributed by atoms with Crippen LogP contribution >= 0.6 is 0 Å². The van der Waals surface area contributed by atoms with Crippen LogP contribution in [0.4, 0.5) is 0 Å². The molecule has 0 aromatic heterocycles. The quantitative estimate of drug-likeness (QED) is 0.906. The maximum absolute atomic E-state index is 6.16. The van der Waals surface area contributed by atoms with Gasteiger partial charge in [-0.3, -0.25) is 0 Å². The number of hydrogen-bond donors (Lipinski definition) is 1. The average molecular weight is 271 g/mol. The molecule has 0 saturated carbocycles. The van der Waals surface area contributed by atoms with Crippen molar-refractivity contribution in [3.63, 3.8) is 0 Å². The molecule has 0 bridgehead atoms. The molecule has 0 heterocycles. The van der Waals surface area contributed by atoms with Crippen molar-refractivity contribution in [3.8, 4) is 11.5 Å². The highest BCUT2D eigenvalue weighted by Crippen LogP contribution is 2.20. The Hall–Kier alpha value is -2.00. The zero-order valence-electron chi connectivity index (χ0n) is 12.2. The molecule has 0 amide bonds. The topological polar surface area (TPSA) is 44.5 Å². The second-order valence-corrected chi connectivity index (χ2v) is 5.02. The summed E-state index contributed by atoms with van der Waals surface area (Å²) < 4.78 is 11.0. The molecule has 1 unspecified atom stereocenters. The summed E-state index contributed by atoms with van der Waals surface area (Å²) in [4.78, 5) is 0. The average Bonchev–Trinajstić information content (AvgIpc) is 2.44. The smallest absolute Gasteiger partial charge is 0.119 e. The van der Waals surface area contributed by atoms with Crippen LogP contribution in [0.2, 0.25) is 0 Å². The van der Waals surface area contributed by atoms with E-state index in [2.05, 4.69) is 19.9 Å². The minimum absolute atomic E-state index is 0.175. The summed E-state index contributed by atoms with van der Waals surface area (Å²) in [5.41, 5.74) is 9.55. The third-order valence-electron chi connectivity index (χ3n) is 3.15.